The minimum absolute atomic E-state index is 0.242. The fourth-order valence-electron chi connectivity index (χ4n) is 1.37. The van der Waals surface area contributed by atoms with Crippen molar-refractivity contribution in [3.05, 3.63) is 29.6 Å². The van der Waals surface area contributed by atoms with Crippen LogP contribution in [0.15, 0.2) is 23.1 Å². The van der Waals surface area contributed by atoms with Crippen LogP contribution in [-0.2, 0) is 14.6 Å². The van der Waals surface area contributed by atoms with Gasteiger partial charge in [0.05, 0.1) is 5.56 Å². The molecular formula is C11H12FNO5S. The predicted molar refractivity (Wildman–Crippen MR) is 64.1 cm³/mol. The van der Waals surface area contributed by atoms with E-state index in [4.69, 9.17) is 5.11 Å². The van der Waals surface area contributed by atoms with Crippen LogP contribution in [0.3, 0.4) is 0 Å². The molecule has 1 aromatic rings. The first kappa shape index (κ1) is 15.1. The minimum atomic E-state index is -4.22. The monoisotopic (exact) mass is 289 g/mol. The van der Waals surface area contributed by atoms with Gasteiger partial charge in [-0.25, -0.2) is 17.6 Å². The average Bonchev–Trinajstić information content (AvgIpc) is 2.28. The van der Waals surface area contributed by atoms with Crippen molar-refractivity contribution in [2.75, 3.05) is 12.3 Å². The second-order valence-electron chi connectivity index (χ2n) is 3.66. The molecule has 0 bridgehead atoms. The molecule has 19 heavy (non-hydrogen) atoms. The SMILES string of the molecule is CCNC(=O)CS(=O)(=O)c1cc(C(=O)O)ccc1F. The summed E-state index contributed by atoms with van der Waals surface area (Å²) in [4.78, 5) is 21.2. The summed E-state index contributed by atoms with van der Waals surface area (Å²) in [7, 11) is -4.22. The van der Waals surface area contributed by atoms with Crippen molar-refractivity contribution >= 4 is 21.7 Å². The van der Waals surface area contributed by atoms with E-state index in [1.54, 1.807) is 6.92 Å². The largest absolute Gasteiger partial charge is 0.478 e. The summed E-state index contributed by atoms with van der Waals surface area (Å²) in [6, 6.07) is 2.39. The lowest BCUT2D eigenvalue weighted by molar-refractivity contribution is -0.118. The van der Waals surface area contributed by atoms with E-state index in [2.05, 4.69) is 5.32 Å². The van der Waals surface area contributed by atoms with E-state index >= 15 is 0 Å². The van der Waals surface area contributed by atoms with Crippen LogP contribution in [0.2, 0.25) is 0 Å². The van der Waals surface area contributed by atoms with E-state index in [0.29, 0.717) is 6.07 Å². The molecule has 0 aliphatic carbocycles. The number of nitrogens with one attached hydrogen (secondary N) is 1. The van der Waals surface area contributed by atoms with Crippen molar-refractivity contribution in [1.29, 1.82) is 0 Å². The Balaban J connectivity index is 3.17. The zero-order chi connectivity index (χ0) is 14.6. The van der Waals surface area contributed by atoms with Crippen LogP contribution in [0, 0.1) is 5.82 Å². The number of sulfone groups is 1. The Bertz CT molecular complexity index is 612. The van der Waals surface area contributed by atoms with Gasteiger partial charge in [-0.05, 0) is 25.1 Å². The van der Waals surface area contributed by atoms with E-state index in [1.165, 1.54) is 0 Å². The van der Waals surface area contributed by atoms with Gasteiger partial charge in [0.25, 0.3) is 0 Å². The van der Waals surface area contributed by atoms with Gasteiger partial charge in [-0.3, -0.25) is 4.79 Å². The molecule has 1 rings (SSSR count). The summed E-state index contributed by atoms with van der Waals surface area (Å²) >= 11 is 0. The Morgan fingerprint density at radius 1 is 1.37 bits per heavy atom. The highest BCUT2D eigenvalue weighted by atomic mass is 32.2. The van der Waals surface area contributed by atoms with E-state index in [9.17, 15) is 22.4 Å². The van der Waals surface area contributed by atoms with Crippen LogP contribution in [-0.4, -0.2) is 37.7 Å². The van der Waals surface area contributed by atoms with E-state index in [-0.39, 0.29) is 12.1 Å². The first-order valence-corrected chi connectivity index (χ1v) is 6.95. The van der Waals surface area contributed by atoms with E-state index < -0.39 is 38.2 Å². The van der Waals surface area contributed by atoms with Crippen molar-refractivity contribution < 1.29 is 27.5 Å². The van der Waals surface area contributed by atoms with Crippen LogP contribution in [0.4, 0.5) is 4.39 Å². The van der Waals surface area contributed by atoms with E-state index in [0.717, 1.165) is 12.1 Å². The molecule has 0 saturated heterocycles. The number of benzene rings is 1. The van der Waals surface area contributed by atoms with E-state index in [1.807, 2.05) is 0 Å². The Hall–Kier alpha value is -1.96. The van der Waals surface area contributed by atoms with Crippen molar-refractivity contribution in [3.8, 4) is 0 Å². The van der Waals surface area contributed by atoms with Gasteiger partial charge < -0.3 is 10.4 Å². The summed E-state index contributed by atoms with van der Waals surface area (Å²) in [5.41, 5.74) is -0.365. The Labute approximate surface area is 109 Å². The summed E-state index contributed by atoms with van der Waals surface area (Å²) in [6.07, 6.45) is 0. The molecular weight excluding hydrogens is 277 g/mol. The zero-order valence-corrected chi connectivity index (χ0v) is 10.8. The molecule has 0 spiro atoms. The van der Waals surface area contributed by atoms with Gasteiger partial charge in [0, 0.05) is 6.54 Å². The first-order chi connectivity index (χ1) is 8.77. The number of carbonyl (C=O) groups is 2. The maximum absolute atomic E-state index is 13.5. The summed E-state index contributed by atoms with van der Waals surface area (Å²) in [5, 5.41) is 11.0. The van der Waals surface area contributed by atoms with Gasteiger partial charge in [-0.1, -0.05) is 0 Å². The van der Waals surface area contributed by atoms with Gasteiger partial charge in [0.15, 0.2) is 9.84 Å². The third-order valence-electron chi connectivity index (χ3n) is 2.21. The van der Waals surface area contributed by atoms with Crippen molar-refractivity contribution in [3.63, 3.8) is 0 Å². The molecule has 0 saturated carbocycles. The number of amides is 1. The fourth-order valence-corrected chi connectivity index (χ4v) is 2.65. The number of carbonyl (C=O) groups excluding carboxylic acids is 1. The van der Waals surface area contributed by atoms with Crippen LogP contribution >= 0.6 is 0 Å². The summed E-state index contributed by atoms with van der Waals surface area (Å²) < 4.78 is 37.1. The van der Waals surface area contributed by atoms with Crippen LogP contribution in [0.1, 0.15) is 17.3 Å². The van der Waals surface area contributed by atoms with Crippen molar-refractivity contribution in [2.45, 2.75) is 11.8 Å². The molecule has 8 heteroatoms. The van der Waals surface area contributed by atoms with Gasteiger partial charge in [0.2, 0.25) is 5.91 Å². The lowest BCUT2D eigenvalue weighted by atomic mass is 10.2. The molecule has 0 heterocycles. The fraction of sp³-hybridized carbons (Fsp3) is 0.273. The second kappa shape index (κ2) is 5.79. The number of hydrogen-bond acceptors (Lipinski definition) is 4. The van der Waals surface area contributed by atoms with Gasteiger partial charge in [-0.2, -0.15) is 0 Å². The molecule has 104 valence electrons. The maximum Gasteiger partial charge on any atom is 0.335 e. The molecule has 0 atom stereocenters. The highest BCUT2D eigenvalue weighted by molar-refractivity contribution is 7.92. The van der Waals surface area contributed by atoms with Crippen LogP contribution in [0.25, 0.3) is 0 Å². The van der Waals surface area contributed by atoms with Crippen LogP contribution < -0.4 is 5.32 Å². The smallest absolute Gasteiger partial charge is 0.335 e. The highest BCUT2D eigenvalue weighted by Gasteiger charge is 2.24. The standard InChI is InChI=1S/C11H12FNO5S/c1-2-13-10(14)6-19(17,18)9-5-7(11(15)16)3-4-8(9)12/h3-5H,2,6H2,1H3,(H,13,14)(H,15,16). The minimum Gasteiger partial charge on any atom is -0.478 e. The number of carboxylic acids is 1. The normalized spacial score (nSPS) is 11.1. The Morgan fingerprint density at radius 2 is 2.00 bits per heavy atom. The molecule has 0 fully saturated rings. The second-order valence-corrected chi connectivity index (χ2v) is 5.62. The lowest BCUT2D eigenvalue weighted by Gasteiger charge is -2.06. The third-order valence-corrected chi connectivity index (χ3v) is 3.83. The molecule has 2 N–H and O–H groups in total. The highest BCUT2D eigenvalue weighted by Crippen LogP contribution is 2.18. The molecule has 1 aromatic carbocycles. The van der Waals surface area contributed by atoms with Gasteiger partial charge in [0.1, 0.15) is 16.5 Å². The number of rotatable bonds is 5. The molecule has 0 aliphatic heterocycles. The zero-order valence-electron chi connectivity index (χ0n) is 10.0. The molecule has 0 aromatic heterocycles. The summed E-state index contributed by atoms with van der Waals surface area (Å²) in [6.45, 7) is 1.85. The quantitative estimate of drug-likeness (QED) is 0.819. The summed E-state index contributed by atoms with van der Waals surface area (Å²) in [5.74, 6) is -4.17. The van der Waals surface area contributed by atoms with Crippen LogP contribution in [0.5, 0.6) is 0 Å². The topological polar surface area (TPSA) is 101 Å². The van der Waals surface area contributed by atoms with Gasteiger partial charge in [-0.15, -0.1) is 0 Å². The molecule has 0 unspecified atom stereocenters. The van der Waals surface area contributed by atoms with Gasteiger partial charge >= 0.3 is 5.97 Å². The number of aromatic carboxylic acids is 1. The maximum atomic E-state index is 13.5. The number of carboxylic acid groups (broad SMARTS) is 1. The Kier molecular flexibility index (Phi) is 4.60. The molecule has 6 nitrogen and oxygen atoms in total. The van der Waals surface area contributed by atoms with Crippen molar-refractivity contribution in [1.82, 2.24) is 5.32 Å². The predicted octanol–water partition coefficient (Wildman–Crippen LogP) is 0.434. The Morgan fingerprint density at radius 3 is 2.53 bits per heavy atom. The average molecular weight is 289 g/mol. The number of hydrogen-bond donors (Lipinski definition) is 2. The third kappa shape index (κ3) is 3.75. The first-order valence-electron chi connectivity index (χ1n) is 5.30. The lowest BCUT2D eigenvalue weighted by Crippen LogP contribution is -2.30. The molecule has 0 aliphatic rings. The van der Waals surface area contributed by atoms with Crippen molar-refractivity contribution in [2.24, 2.45) is 0 Å². The molecule has 0 radical (unpaired) electrons. The number of halogens is 1. The molecule has 1 amide bonds.